The Bertz CT molecular complexity index is 370. The molecule has 0 atom stereocenters. The predicted molar refractivity (Wildman–Crippen MR) is 80.7 cm³/mol. The van der Waals surface area contributed by atoms with E-state index in [0.717, 1.165) is 6.08 Å². The van der Waals surface area contributed by atoms with Crippen molar-refractivity contribution in [1.29, 1.82) is 0 Å². The number of carbonyl (C=O) groups excluding carboxylic acids is 2. The zero-order valence-electron chi connectivity index (χ0n) is 13.1. The fourth-order valence-corrected chi connectivity index (χ4v) is 0.455. The van der Waals surface area contributed by atoms with Crippen LogP contribution < -0.4 is 0 Å². The van der Waals surface area contributed by atoms with E-state index < -0.39 is 5.97 Å². The third-order valence-corrected chi connectivity index (χ3v) is 1.44. The first-order chi connectivity index (χ1) is 9.63. The Morgan fingerprint density at radius 3 is 1.48 bits per heavy atom. The van der Waals surface area contributed by atoms with E-state index in [1.165, 1.54) is 6.92 Å². The number of ether oxygens (including phenoxy) is 2. The fraction of sp³-hybridized carbons (Fsp3) is 0.400. The van der Waals surface area contributed by atoms with Crippen molar-refractivity contribution in [3.05, 3.63) is 37.0 Å². The lowest BCUT2D eigenvalue weighted by Gasteiger charge is -1.96. The second-order valence-electron chi connectivity index (χ2n) is 3.54. The maximum Gasteiger partial charge on any atom is 0.333 e. The molecule has 6 heteroatoms. The van der Waals surface area contributed by atoms with E-state index in [0.29, 0.717) is 18.8 Å². The SMILES string of the molecule is C=C(C)C(=O)O.C=C(C)C(=O)OCC.C=CC(=O)OCC. The molecule has 120 valence electrons. The smallest absolute Gasteiger partial charge is 0.333 e. The van der Waals surface area contributed by atoms with E-state index in [4.69, 9.17) is 5.11 Å². The molecule has 0 bridgehead atoms. The van der Waals surface area contributed by atoms with Gasteiger partial charge in [0.05, 0.1) is 13.2 Å². The van der Waals surface area contributed by atoms with Crippen molar-refractivity contribution >= 4 is 17.9 Å². The molecule has 0 aromatic carbocycles. The van der Waals surface area contributed by atoms with Crippen molar-refractivity contribution in [1.82, 2.24) is 0 Å². The molecule has 1 N–H and O–H groups in total. The molecule has 0 radical (unpaired) electrons. The molecule has 0 unspecified atom stereocenters. The van der Waals surface area contributed by atoms with E-state index in [-0.39, 0.29) is 17.5 Å². The Hall–Kier alpha value is -2.37. The molecule has 0 heterocycles. The molecule has 0 spiro atoms. The van der Waals surface area contributed by atoms with Gasteiger partial charge in [-0.2, -0.15) is 0 Å². The molecule has 0 saturated carbocycles. The first-order valence-electron chi connectivity index (χ1n) is 6.14. The Morgan fingerprint density at radius 1 is 1.00 bits per heavy atom. The highest BCUT2D eigenvalue weighted by Gasteiger charge is 1.98. The van der Waals surface area contributed by atoms with Crippen molar-refractivity contribution in [2.45, 2.75) is 27.7 Å². The monoisotopic (exact) mass is 300 g/mol. The summed E-state index contributed by atoms with van der Waals surface area (Å²) < 4.78 is 9.00. The van der Waals surface area contributed by atoms with Crippen LogP contribution in [-0.2, 0) is 23.9 Å². The van der Waals surface area contributed by atoms with E-state index in [1.54, 1.807) is 20.8 Å². The number of rotatable bonds is 5. The number of carboxylic acids is 1. The molecule has 0 fully saturated rings. The zero-order valence-corrected chi connectivity index (χ0v) is 13.1. The Kier molecular flexibility index (Phi) is 17.7. The van der Waals surface area contributed by atoms with Gasteiger partial charge in [-0.1, -0.05) is 19.7 Å². The van der Waals surface area contributed by atoms with Gasteiger partial charge in [0, 0.05) is 17.2 Å². The first-order valence-corrected chi connectivity index (χ1v) is 6.14. The van der Waals surface area contributed by atoms with Crippen molar-refractivity contribution in [2.75, 3.05) is 13.2 Å². The highest BCUT2D eigenvalue weighted by atomic mass is 16.5. The van der Waals surface area contributed by atoms with Crippen LogP contribution in [0.15, 0.2) is 37.0 Å². The normalized spacial score (nSPS) is 7.81. The quantitative estimate of drug-likeness (QED) is 0.619. The van der Waals surface area contributed by atoms with Crippen LogP contribution in [0.25, 0.3) is 0 Å². The second kappa shape index (κ2) is 15.7. The van der Waals surface area contributed by atoms with E-state index in [1.807, 2.05) is 0 Å². The van der Waals surface area contributed by atoms with Crippen LogP contribution in [0.4, 0.5) is 0 Å². The van der Waals surface area contributed by atoms with Crippen LogP contribution in [0.2, 0.25) is 0 Å². The zero-order chi connectivity index (χ0) is 17.4. The number of carbonyl (C=O) groups is 3. The highest BCUT2D eigenvalue weighted by molar-refractivity contribution is 5.86. The summed E-state index contributed by atoms with van der Waals surface area (Å²) in [6.07, 6.45) is 1.14. The standard InChI is InChI=1S/C6H10O2.C5H8O2.C4H6O2/c1-4-8-6(7)5(2)3;1-3-5(6)7-4-2;1-3(2)4(5)6/h2,4H2,1,3H3;3H,1,4H2,2H3;1H2,2H3,(H,5,6). The lowest BCUT2D eigenvalue weighted by atomic mass is 10.4. The molecule has 0 aromatic heterocycles. The van der Waals surface area contributed by atoms with E-state index in [9.17, 15) is 14.4 Å². The van der Waals surface area contributed by atoms with Crippen LogP contribution in [-0.4, -0.2) is 36.2 Å². The Morgan fingerprint density at radius 2 is 1.38 bits per heavy atom. The predicted octanol–water partition coefficient (Wildman–Crippen LogP) is 2.51. The summed E-state index contributed by atoms with van der Waals surface area (Å²) in [5, 5.41) is 7.89. The summed E-state index contributed by atoms with van der Waals surface area (Å²) in [6.45, 7) is 17.2. The average Bonchev–Trinajstić information content (AvgIpc) is 2.40. The largest absolute Gasteiger partial charge is 0.478 e. The number of hydrogen-bond acceptors (Lipinski definition) is 5. The molecule has 21 heavy (non-hydrogen) atoms. The minimum atomic E-state index is -0.935. The molecule has 0 amide bonds. The van der Waals surface area contributed by atoms with Gasteiger partial charge < -0.3 is 14.6 Å². The van der Waals surface area contributed by atoms with Gasteiger partial charge in [-0.15, -0.1) is 0 Å². The summed E-state index contributed by atoms with van der Waals surface area (Å²) in [7, 11) is 0. The van der Waals surface area contributed by atoms with Crippen LogP contribution in [0, 0.1) is 0 Å². The van der Waals surface area contributed by atoms with Gasteiger partial charge in [-0.3, -0.25) is 0 Å². The molecule has 0 aliphatic rings. The summed E-state index contributed by atoms with van der Waals surface area (Å²) in [4.78, 5) is 30.1. The summed E-state index contributed by atoms with van der Waals surface area (Å²) in [5.41, 5.74) is 0.627. The number of esters is 2. The van der Waals surface area contributed by atoms with Crippen LogP contribution in [0.1, 0.15) is 27.7 Å². The third kappa shape index (κ3) is 23.2. The van der Waals surface area contributed by atoms with Gasteiger partial charge in [0.15, 0.2) is 0 Å². The lowest BCUT2D eigenvalue weighted by Crippen LogP contribution is -2.03. The van der Waals surface area contributed by atoms with Gasteiger partial charge in [0.2, 0.25) is 0 Å². The number of carboxylic acid groups (broad SMARTS) is 1. The molecule has 0 rings (SSSR count). The maximum atomic E-state index is 10.4. The minimum absolute atomic E-state index is 0.176. The second-order valence-corrected chi connectivity index (χ2v) is 3.54. The van der Waals surface area contributed by atoms with Crippen molar-refractivity contribution in [3.8, 4) is 0 Å². The lowest BCUT2D eigenvalue weighted by molar-refractivity contribution is -0.138. The van der Waals surface area contributed by atoms with Crippen LogP contribution in [0.3, 0.4) is 0 Å². The van der Waals surface area contributed by atoms with E-state index >= 15 is 0 Å². The third-order valence-electron chi connectivity index (χ3n) is 1.44. The van der Waals surface area contributed by atoms with Gasteiger partial charge in [-0.25, -0.2) is 14.4 Å². The van der Waals surface area contributed by atoms with Gasteiger partial charge in [0.1, 0.15) is 0 Å². The summed E-state index contributed by atoms with van der Waals surface area (Å²) in [5.74, 6) is -1.61. The summed E-state index contributed by atoms with van der Waals surface area (Å²) >= 11 is 0. The Labute approximate surface area is 125 Å². The van der Waals surface area contributed by atoms with Gasteiger partial charge in [0.25, 0.3) is 0 Å². The van der Waals surface area contributed by atoms with Gasteiger partial charge in [-0.05, 0) is 27.7 Å². The first kappa shape index (κ1) is 23.7. The maximum absolute atomic E-state index is 10.4. The van der Waals surface area contributed by atoms with Crippen LogP contribution >= 0.6 is 0 Å². The van der Waals surface area contributed by atoms with Crippen molar-refractivity contribution in [2.24, 2.45) is 0 Å². The fourth-order valence-electron chi connectivity index (χ4n) is 0.455. The molecule has 0 saturated heterocycles. The molecule has 6 nitrogen and oxygen atoms in total. The molecular formula is C15H24O6. The molecule has 0 aliphatic carbocycles. The van der Waals surface area contributed by atoms with Gasteiger partial charge >= 0.3 is 17.9 Å². The summed E-state index contributed by atoms with van der Waals surface area (Å²) in [6, 6.07) is 0. The minimum Gasteiger partial charge on any atom is -0.478 e. The van der Waals surface area contributed by atoms with Crippen molar-refractivity contribution in [3.63, 3.8) is 0 Å². The average molecular weight is 300 g/mol. The number of hydrogen-bond donors (Lipinski definition) is 1. The van der Waals surface area contributed by atoms with E-state index in [2.05, 4.69) is 29.2 Å². The number of aliphatic carboxylic acids is 1. The van der Waals surface area contributed by atoms with Crippen molar-refractivity contribution < 1.29 is 29.0 Å². The Balaban J connectivity index is -0.000000234. The molecule has 0 aromatic rings. The molecular weight excluding hydrogens is 276 g/mol. The van der Waals surface area contributed by atoms with Crippen LogP contribution in [0.5, 0.6) is 0 Å². The molecule has 0 aliphatic heterocycles. The highest BCUT2D eigenvalue weighted by Crippen LogP contribution is 1.89. The topological polar surface area (TPSA) is 89.9 Å².